The van der Waals surface area contributed by atoms with E-state index in [1.807, 2.05) is 0 Å². The predicted octanol–water partition coefficient (Wildman–Crippen LogP) is 2.24. The van der Waals surface area contributed by atoms with Crippen LogP contribution in [0.15, 0.2) is 0 Å². The second-order valence-electron chi connectivity index (χ2n) is 2.97. The molecule has 0 N–H and O–H groups in total. The molecule has 0 amide bonds. The lowest BCUT2D eigenvalue weighted by atomic mass is 10.3. The monoisotopic (exact) mass is 224 g/mol. The van der Waals surface area contributed by atoms with Crippen LogP contribution in [0.5, 0.6) is 0 Å². The summed E-state index contributed by atoms with van der Waals surface area (Å²) in [5.41, 5.74) is 0. The lowest BCUT2D eigenvalue weighted by Crippen LogP contribution is -2.42. The number of halogens is 6. The van der Waals surface area contributed by atoms with E-state index >= 15 is 0 Å². The lowest BCUT2D eigenvalue weighted by Gasteiger charge is -2.18. The van der Waals surface area contributed by atoms with Gasteiger partial charge in [-0.25, -0.2) is 4.39 Å². The number of alkyl halides is 6. The van der Waals surface area contributed by atoms with Crippen molar-refractivity contribution in [1.29, 1.82) is 0 Å². The highest BCUT2D eigenvalue weighted by Gasteiger charge is 2.67. The Hall–Kier alpha value is -0.500. The molecule has 0 saturated carbocycles. The summed E-state index contributed by atoms with van der Waals surface area (Å²) in [6, 6.07) is 0. The maximum atomic E-state index is 12.6. The zero-order valence-corrected chi connectivity index (χ0v) is 6.87. The van der Waals surface area contributed by atoms with Crippen LogP contribution in [0.25, 0.3) is 0 Å². The Balaban J connectivity index is 2.90. The first-order valence-electron chi connectivity index (χ1n) is 3.49. The third kappa shape index (κ3) is 1.95. The lowest BCUT2D eigenvalue weighted by molar-refractivity contribution is -0.295. The van der Waals surface area contributed by atoms with Gasteiger partial charge in [-0.2, -0.15) is 22.0 Å². The highest BCUT2D eigenvalue weighted by Crippen LogP contribution is 2.45. The van der Waals surface area contributed by atoms with Crippen LogP contribution >= 0.6 is 0 Å². The molecule has 0 spiro atoms. The van der Waals surface area contributed by atoms with Crippen molar-refractivity contribution in [3.63, 3.8) is 0 Å². The van der Waals surface area contributed by atoms with E-state index in [0.717, 1.165) is 0 Å². The maximum absolute atomic E-state index is 12.6. The first kappa shape index (κ1) is 11.6. The van der Waals surface area contributed by atoms with Gasteiger partial charge in [0.05, 0.1) is 0 Å². The zero-order chi connectivity index (χ0) is 11.2. The van der Waals surface area contributed by atoms with E-state index in [1.165, 1.54) is 0 Å². The molecule has 0 bridgehead atoms. The van der Waals surface area contributed by atoms with Gasteiger partial charge in [0.25, 0.3) is 0 Å². The minimum Gasteiger partial charge on any atom is -0.326 e. The van der Waals surface area contributed by atoms with E-state index < -0.39 is 30.9 Å². The minimum absolute atomic E-state index is 0.673. The van der Waals surface area contributed by atoms with E-state index in [4.69, 9.17) is 0 Å². The van der Waals surface area contributed by atoms with Crippen molar-refractivity contribution in [2.24, 2.45) is 0 Å². The Morgan fingerprint density at radius 2 is 1.79 bits per heavy atom. The van der Waals surface area contributed by atoms with E-state index in [0.29, 0.717) is 6.92 Å². The van der Waals surface area contributed by atoms with Gasteiger partial charge >= 0.3 is 12.3 Å². The molecule has 1 fully saturated rings. The quantitative estimate of drug-likeness (QED) is 0.636. The molecule has 1 saturated heterocycles. The van der Waals surface area contributed by atoms with Crippen LogP contribution in [0, 0.1) is 0 Å². The summed E-state index contributed by atoms with van der Waals surface area (Å²) < 4.78 is 80.3. The molecule has 1 aliphatic rings. The van der Waals surface area contributed by atoms with E-state index in [2.05, 4.69) is 9.47 Å². The van der Waals surface area contributed by atoms with Gasteiger partial charge in [0.1, 0.15) is 6.67 Å². The molecule has 1 aliphatic heterocycles. The Kier molecular flexibility index (Phi) is 2.47. The smallest absolute Gasteiger partial charge is 0.326 e. The molecular formula is C6H6F6O2. The molecule has 0 aromatic carbocycles. The highest BCUT2D eigenvalue weighted by molar-refractivity contribution is 4.87. The molecule has 1 rings (SSSR count). The predicted molar refractivity (Wildman–Crippen MR) is 31.3 cm³/mol. The molecule has 1 heterocycles. The molecule has 0 aliphatic carbocycles. The molecule has 8 heteroatoms. The van der Waals surface area contributed by atoms with Crippen molar-refractivity contribution in [1.82, 2.24) is 0 Å². The maximum Gasteiger partial charge on any atom is 0.423 e. The van der Waals surface area contributed by atoms with Gasteiger partial charge in [0, 0.05) is 0 Å². The number of hydrogen-bond acceptors (Lipinski definition) is 2. The fourth-order valence-electron chi connectivity index (χ4n) is 0.999. The summed E-state index contributed by atoms with van der Waals surface area (Å²) in [5, 5.41) is 0. The number of ether oxygens (including phenoxy) is 2. The molecule has 0 radical (unpaired) electrons. The summed E-state index contributed by atoms with van der Waals surface area (Å²) in [6.45, 7) is -0.915. The van der Waals surface area contributed by atoms with Crippen LogP contribution in [0.3, 0.4) is 0 Å². The standard InChI is InChI=1S/C6H6F6O2/c1-4(2-7)13-3(5(8,9)10)6(11,12)14-4/h3H,2H2,1H3. The number of hydrogen-bond donors (Lipinski definition) is 0. The van der Waals surface area contributed by atoms with Gasteiger partial charge in [-0.3, -0.25) is 4.74 Å². The second kappa shape index (κ2) is 2.99. The highest BCUT2D eigenvalue weighted by atomic mass is 19.4. The van der Waals surface area contributed by atoms with Crippen molar-refractivity contribution in [2.75, 3.05) is 6.67 Å². The molecule has 2 nitrogen and oxygen atoms in total. The average Bonchev–Trinajstić information content (AvgIpc) is 2.21. The summed E-state index contributed by atoms with van der Waals surface area (Å²) in [7, 11) is 0. The Morgan fingerprint density at radius 1 is 1.29 bits per heavy atom. The second-order valence-corrected chi connectivity index (χ2v) is 2.97. The van der Waals surface area contributed by atoms with Crippen molar-refractivity contribution >= 4 is 0 Å². The summed E-state index contributed by atoms with van der Waals surface area (Å²) in [5.74, 6) is -2.54. The molecule has 2 atom stereocenters. The van der Waals surface area contributed by atoms with Crippen LogP contribution in [0.2, 0.25) is 0 Å². The number of rotatable bonds is 1. The Labute approximate surface area is 74.8 Å². The van der Waals surface area contributed by atoms with Crippen LogP contribution in [-0.4, -0.2) is 30.9 Å². The normalized spacial score (nSPS) is 37.5. The largest absolute Gasteiger partial charge is 0.423 e. The van der Waals surface area contributed by atoms with Crippen molar-refractivity contribution < 1.29 is 35.8 Å². The van der Waals surface area contributed by atoms with Gasteiger partial charge < -0.3 is 4.74 Å². The summed E-state index contributed by atoms with van der Waals surface area (Å²) in [6.07, 6.45) is -13.3. The molecule has 84 valence electrons. The van der Waals surface area contributed by atoms with Crippen LogP contribution < -0.4 is 0 Å². The van der Waals surface area contributed by atoms with E-state index in [9.17, 15) is 26.3 Å². The van der Waals surface area contributed by atoms with E-state index in [1.54, 1.807) is 0 Å². The molecular weight excluding hydrogens is 218 g/mol. The summed E-state index contributed by atoms with van der Waals surface area (Å²) >= 11 is 0. The van der Waals surface area contributed by atoms with Crippen molar-refractivity contribution in [2.45, 2.75) is 31.1 Å². The van der Waals surface area contributed by atoms with Gasteiger partial charge in [-0.15, -0.1) is 0 Å². The van der Waals surface area contributed by atoms with Crippen molar-refractivity contribution in [3.05, 3.63) is 0 Å². The first-order chi connectivity index (χ1) is 6.11. The average molecular weight is 224 g/mol. The first-order valence-corrected chi connectivity index (χ1v) is 3.49. The van der Waals surface area contributed by atoms with Gasteiger partial charge in [-0.1, -0.05) is 0 Å². The molecule has 14 heavy (non-hydrogen) atoms. The van der Waals surface area contributed by atoms with E-state index in [-0.39, 0.29) is 0 Å². The van der Waals surface area contributed by atoms with Gasteiger partial charge in [0.2, 0.25) is 11.9 Å². The zero-order valence-electron chi connectivity index (χ0n) is 6.87. The van der Waals surface area contributed by atoms with Crippen LogP contribution in [0.4, 0.5) is 26.3 Å². The fourth-order valence-corrected chi connectivity index (χ4v) is 0.999. The van der Waals surface area contributed by atoms with Gasteiger partial charge in [-0.05, 0) is 6.92 Å². The Bertz CT molecular complexity index is 227. The van der Waals surface area contributed by atoms with Crippen LogP contribution in [-0.2, 0) is 9.47 Å². The summed E-state index contributed by atoms with van der Waals surface area (Å²) in [4.78, 5) is 0. The Morgan fingerprint density at radius 3 is 2.00 bits per heavy atom. The third-order valence-corrected chi connectivity index (χ3v) is 1.56. The minimum atomic E-state index is -5.30. The van der Waals surface area contributed by atoms with Gasteiger partial charge in [0.15, 0.2) is 0 Å². The fraction of sp³-hybridized carbons (Fsp3) is 1.00. The topological polar surface area (TPSA) is 18.5 Å². The molecule has 0 aromatic heterocycles. The third-order valence-electron chi connectivity index (χ3n) is 1.56. The SMILES string of the molecule is CC1(CF)OC(C(F)(F)F)C(F)(F)O1. The van der Waals surface area contributed by atoms with Crippen molar-refractivity contribution in [3.8, 4) is 0 Å². The van der Waals surface area contributed by atoms with Crippen LogP contribution in [0.1, 0.15) is 6.92 Å². The molecule has 0 aromatic rings. The molecule has 2 unspecified atom stereocenters.